The largest absolute Gasteiger partial charge is 0.772 e. The molecule has 7 heteroatoms. The Labute approximate surface area is 204 Å². The predicted molar refractivity (Wildman–Crippen MR) is 139 cm³/mol. The number of hydrogen-bond acceptors (Lipinski definition) is 6. The molecule has 1 fully saturated rings. The summed E-state index contributed by atoms with van der Waals surface area (Å²) in [6, 6.07) is 13.7. The van der Waals surface area contributed by atoms with Crippen LogP contribution >= 0.6 is 0 Å². The molecule has 1 aliphatic rings. The van der Waals surface area contributed by atoms with Crippen LogP contribution in [-0.4, -0.2) is 57.0 Å². The summed E-state index contributed by atoms with van der Waals surface area (Å²) in [5, 5.41) is 11.3. The molecule has 0 aliphatic carbocycles. The van der Waals surface area contributed by atoms with E-state index in [1.165, 1.54) is 0 Å². The average Bonchev–Trinajstić information content (AvgIpc) is 2.82. The van der Waals surface area contributed by atoms with Crippen LogP contribution in [0.4, 0.5) is 5.69 Å². The minimum absolute atomic E-state index is 0.215. The van der Waals surface area contributed by atoms with Gasteiger partial charge in [0.15, 0.2) is 0 Å². The second kappa shape index (κ2) is 9.64. The fourth-order valence-corrected chi connectivity index (χ4v) is 5.29. The van der Waals surface area contributed by atoms with Gasteiger partial charge in [-0.05, 0) is 88.5 Å². The zero-order chi connectivity index (χ0) is 24.6. The monoisotopic (exact) mass is 480 g/mol. The van der Waals surface area contributed by atoms with E-state index in [-0.39, 0.29) is 5.75 Å². The standard InChI is InChI=1S/C27H35N3O3S/c1-18(29(4)5)19-12-14-30(15-13-19)26-22-16-20(21-8-6-7-9-25(21)31)10-11-24(22)28-17-23(26)27(2,3)34(32)33/h6-11,16-19,31H,12-15H2,1-5H3,(H,32,33)/p-1. The third kappa shape index (κ3) is 4.57. The molecule has 2 aromatic carbocycles. The lowest BCUT2D eigenvalue weighted by atomic mass is 9.88. The molecule has 0 radical (unpaired) electrons. The number of hydrogen-bond donors (Lipinski definition) is 1. The van der Waals surface area contributed by atoms with Crippen molar-refractivity contribution in [2.24, 2.45) is 5.92 Å². The summed E-state index contributed by atoms with van der Waals surface area (Å²) in [5.74, 6) is 0.813. The number of aromatic nitrogens is 1. The number of anilines is 1. The first-order chi connectivity index (χ1) is 16.1. The molecular formula is C27H34N3O3S-. The molecule has 0 saturated carbocycles. The number of benzene rings is 2. The van der Waals surface area contributed by atoms with E-state index >= 15 is 0 Å². The van der Waals surface area contributed by atoms with Crippen LogP contribution in [0.2, 0.25) is 0 Å². The Hall–Kier alpha value is -2.48. The molecule has 0 spiro atoms. The third-order valence-electron chi connectivity index (χ3n) is 7.47. The van der Waals surface area contributed by atoms with E-state index in [0.29, 0.717) is 17.5 Å². The van der Waals surface area contributed by atoms with Crippen molar-refractivity contribution < 1.29 is 13.9 Å². The predicted octanol–water partition coefficient (Wildman–Crippen LogP) is 4.89. The summed E-state index contributed by atoms with van der Waals surface area (Å²) in [7, 11) is 4.25. The molecule has 1 aromatic heterocycles. The van der Waals surface area contributed by atoms with Crippen molar-refractivity contribution in [2.75, 3.05) is 32.1 Å². The Morgan fingerprint density at radius 2 is 1.85 bits per heavy atom. The van der Waals surface area contributed by atoms with Crippen LogP contribution in [-0.2, 0) is 15.8 Å². The number of nitrogens with zero attached hydrogens (tertiary/aromatic N) is 3. The average molecular weight is 481 g/mol. The number of para-hydroxylation sites is 1. The van der Waals surface area contributed by atoms with Gasteiger partial charge < -0.3 is 19.5 Å². The topological polar surface area (TPSA) is 79.7 Å². The van der Waals surface area contributed by atoms with Crippen LogP contribution in [0.15, 0.2) is 48.7 Å². The minimum Gasteiger partial charge on any atom is -0.772 e. The molecule has 2 atom stereocenters. The van der Waals surface area contributed by atoms with Gasteiger partial charge in [0, 0.05) is 41.8 Å². The summed E-state index contributed by atoms with van der Waals surface area (Å²) in [4.78, 5) is 9.25. The van der Waals surface area contributed by atoms with Gasteiger partial charge in [-0.15, -0.1) is 0 Å². The van der Waals surface area contributed by atoms with Crippen LogP contribution < -0.4 is 4.90 Å². The van der Waals surface area contributed by atoms with E-state index < -0.39 is 15.8 Å². The highest BCUT2D eigenvalue weighted by Gasteiger charge is 2.32. The maximum absolute atomic E-state index is 12.3. The van der Waals surface area contributed by atoms with Crippen molar-refractivity contribution in [1.82, 2.24) is 9.88 Å². The quantitative estimate of drug-likeness (QED) is 0.506. The van der Waals surface area contributed by atoms with Crippen LogP contribution in [0.5, 0.6) is 5.75 Å². The lowest BCUT2D eigenvalue weighted by molar-refractivity contribution is 0.199. The van der Waals surface area contributed by atoms with E-state index in [9.17, 15) is 13.9 Å². The molecule has 1 N–H and O–H groups in total. The minimum atomic E-state index is -2.31. The van der Waals surface area contributed by atoms with Crippen molar-refractivity contribution in [1.29, 1.82) is 0 Å². The van der Waals surface area contributed by atoms with Gasteiger partial charge in [0.2, 0.25) is 0 Å². The maximum atomic E-state index is 12.3. The Morgan fingerprint density at radius 1 is 1.18 bits per heavy atom. The fraction of sp³-hybridized carbons (Fsp3) is 0.444. The van der Waals surface area contributed by atoms with Gasteiger partial charge >= 0.3 is 0 Å². The van der Waals surface area contributed by atoms with Gasteiger partial charge in [0.1, 0.15) is 5.75 Å². The number of rotatable bonds is 6. The van der Waals surface area contributed by atoms with Crippen LogP contribution in [0.3, 0.4) is 0 Å². The number of fused-ring (bicyclic) bond motifs is 1. The molecule has 0 amide bonds. The number of phenols is 1. The summed E-state index contributed by atoms with van der Waals surface area (Å²) < 4.78 is 23.4. The van der Waals surface area contributed by atoms with E-state index in [2.05, 4.69) is 35.8 Å². The molecule has 2 heterocycles. The van der Waals surface area contributed by atoms with Crippen molar-refractivity contribution in [3.8, 4) is 16.9 Å². The van der Waals surface area contributed by atoms with Crippen LogP contribution in [0.1, 0.15) is 39.2 Å². The fourth-order valence-electron chi connectivity index (χ4n) is 4.96. The molecule has 34 heavy (non-hydrogen) atoms. The first-order valence-electron chi connectivity index (χ1n) is 11.8. The second-order valence-corrected chi connectivity index (χ2v) is 11.5. The number of pyridine rings is 1. The lowest BCUT2D eigenvalue weighted by Crippen LogP contribution is -2.42. The Morgan fingerprint density at radius 3 is 2.47 bits per heavy atom. The van der Waals surface area contributed by atoms with Crippen LogP contribution in [0.25, 0.3) is 22.0 Å². The maximum Gasteiger partial charge on any atom is 0.123 e. The zero-order valence-corrected chi connectivity index (χ0v) is 21.4. The molecule has 1 aliphatic heterocycles. The number of phenolic OH excluding ortho intramolecular Hbond substituents is 1. The molecule has 4 rings (SSSR count). The first kappa shape index (κ1) is 24.6. The first-order valence-corrected chi connectivity index (χ1v) is 12.9. The van der Waals surface area contributed by atoms with Crippen molar-refractivity contribution in [2.45, 2.75) is 44.4 Å². The lowest BCUT2D eigenvalue weighted by Gasteiger charge is -2.41. The molecule has 3 aromatic rings. The molecule has 182 valence electrons. The van der Waals surface area contributed by atoms with E-state index in [1.54, 1.807) is 32.2 Å². The van der Waals surface area contributed by atoms with Crippen molar-refractivity contribution in [3.63, 3.8) is 0 Å². The van der Waals surface area contributed by atoms with Gasteiger partial charge in [-0.2, -0.15) is 0 Å². The molecule has 2 unspecified atom stereocenters. The van der Waals surface area contributed by atoms with Gasteiger partial charge in [0.05, 0.1) is 16.0 Å². The number of piperidine rings is 1. The van der Waals surface area contributed by atoms with Crippen molar-refractivity contribution >= 4 is 27.7 Å². The SMILES string of the molecule is CC(C1CCN(c2c(C(C)(C)S(=O)[O-])cnc3ccc(-c4ccccc4O)cc23)CC1)N(C)C. The second-order valence-electron chi connectivity index (χ2n) is 10.0. The Bertz CT molecular complexity index is 1200. The highest BCUT2D eigenvalue weighted by atomic mass is 32.2. The summed E-state index contributed by atoms with van der Waals surface area (Å²) in [6.07, 6.45) is 3.81. The van der Waals surface area contributed by atoms with Crippen LogP contribution in [0, 0.1) is 5.92 Å². The zero-order valence-electron chi connectivity index (χ0n) is 20.6. The summed E-state index contributed by atoms with van der Waals surface area (Å²) >= 11 is -2.31. The van der Waals surface area contributed by atoms with Crippen molar-refractivity contribution in [3.05, 3.63) is 54.2 Å². The van der Waals surface area contributed by atoms with E-state index in [1.807, 2.05) is 30.3 Å². The summed E-state index contributed by atoms with van der Waals surface area (Å²) in [5.41, 5.74) is 4.08. The normalized spacial score (nSPS) is 17.3. The number of aromatic hydroxyl groups is 1. The van der Waals surface area contributed by atoms with Gasteiger partial charge in [-0.1, -0.05) is 24.3 Å². The Kier molecular flexibility index (Phi) is 6.99. The molecule has 6 nitrogen and oxygen atoms in total. The smallest absolute Gasteiger partial charge is 0.123 e. The molecule has 0 bridgehead atoms. The summed E-state index contributed by atoms with van der Waals surface area (Å²) in [6.45, 7) is 7.46. The van der Waals surface area contributed by atoms with E-state index in [4.69, 9.17) is 0 Å². The van der Waals surface area contributed by atoms with Gasteiger partial charge in [0.25, 0.3) is 0 Å². The van der Waals surface area contributed by atoms with E-state index in [0.717, 1.165) is 53.6 Å². The highest BCUT2D eigenvalue weighted by molar-refractivity contribution is 7.80. The van der Waals surface area contributed by atoms with Gasteiger partial charge in [-0.3, -0.25) is 9.19 Å². The molecular weight excluding hydrogens is 446 g/mol. The van der Waals surface area contributed by atoms with Gasteiger partial charge in [-0.25, -0.2) is 0 Å². The Balaban J connectivity index is 1.85. The molecule has 1 saturated heterocycles. The third-order valence-corrected chi connectivity index (χ3v) is 8.53. The highest BCUT2D eigenvalue weighted by Crippen LogP contribution is 2.42.